The Kier molecular flexibility index (Phi) is 4.12. The SMILES string of the molecule is O=C(OCc1ccccc1)N1C2C=C(c3ccc4c(c3)CCO4)CC1CC2. The van der Waals surface area contributed by atoms with Crippen LogP contribution in [0.2, 0.25) is 0 Å². The number of hydrogen-bond donors (Lipinski definition) is 0. The van der Waals surface area contributed by atoms with Crippen molar-refractivity contribution in [3.63, 3.8) is 0 Å². The van der Waals surface area contributed by atoms with Crippen molar-refractivity contribution in [2.75, 3.05) is 6.61 Å². The maximum Gasteiger partial charge on any atom is 0.410 e. The molecule has 0 saturated carbocycles. The second-order valence-corrected chi connectivity index (χ2v) is 7.56. The first kappa shape index (κ1) is 16.4. The molecule has 1 amide bonds. The molecular formula is C23H23NO3. The van der Waals surface area contributed by atoms with Crippen LogP contribution in [0, 0.1) is 0 Å². The Morgan fingerprint density at radius 2 is 2.04 bits per heavy atom. The third-order valence-electron chi connectivity index (χ3n) is 5.87. The highest BCUT2D eigenvalue weighted by molar-refractivity contribution is 5.75. The molecule has 2 aromatic rings. The molecule has 4 nitrogen and oxygen atoms in total. The van der Waals surface area contributed by atoms with E-state index in [0.717, 1.165) is 43.6 Å². The highest BCUT2D eigenvalue weighted by Crippen LogP contribution is 2.40. The van der Waals surface area contributed by atoms with Crippen molar-refractivity contribution in [2.24, 2.45) is 0 Å². The summed E-state index contributed by atoms with van der Waals surface area (Å²) in [5.41, 5.74) is 4.94. The first-order valence-electron chi connectivity index (χ1n) is 9.74. The molecular weight excluding hydrogens is 338 g/mol. The zero-order valence-corrected chi connectivity index (χ0v) is 15.3. The van der Waals surface area contributed by atoms with Crippen LogP contribution in [0.3, 0.4) is 0 Å². The van der Waals surface area contributed by atoms with E-state index in [1.54, 1.807) is 0 Å². The lowest BCUT2D eigenvalue weighted by Crippen LogP contribution is -2.43. The zero-order valence-electron chi connectivity index (χ0n) is 15.3. The topological polar surface area (TPSA) is 38.8 Å². The normalized spacial score (nSPS) is 22.8. The fraction of sp³-hybridized carbons (Fsp3) is 0.348. The van der Waals surface area contributed by atoms with Crippen LogP contribution in [0.15, 0.2) is 54.6 Å². The minimum absolute atomic E-state index is 0.145. The van der Waals surface area contributed by atoms with Gasteiger partial charge in [-0.15, -0.1) is 0 Å². The number of rotatable bonds is 3. The van der Waals surface area contributed by atoms with Crippen molar-refractivity contribution in [3.8, 4) is 5.75 Å². The standard InChI is InChI=1S/C23H23NO3/c25-23(27-15-16-4-2-1-3-5-16)24-20-7-8-21(24)14-19(13-20)17-6-9-22-18(12-17)10-11-26-22/h1-6,9,12-13,20-21H,7-8,10-11,14-15H2. The molecule has 1 saturated heterocycles. The van der Waals surface area contributed by atoms with E-state index in [4.69, 9.17) is 9.47 Å². The molecule has 27 heavy (non-hydrogen) atoms. The van der Waals surface area contributed by atoms with E-state index in [0.29, 0.717) is 6.61 Å². The van der Waals surface area contributed by atoms with E-state index in [2.05, 4.69) is 24.3 Å². The molecule has 0 aliphatic carbocycles. The first-order chi connectivity index (χ1) is 13.3. The van der Waals surface area contributed by atoms with E-state index in [-0.39, 0.29) is 18.2 Å². The van der Waals surface area contributed by atoms with Gasteiger partial charge in [0.25, 0.3) is 0 Å². The van der Waals surface area contributed by atoms with Crippen LogP contribution in [0.5, 0.6) is 5.75 Å². The number of carbonyl (C=O) groups excluding carboxylic acids is 1. The van der Waals surface area contributed by atoms with Crippen LogP contribution in [0.1, 0.15) is 36.0 Å². The first-order valence-corrected chi connectivity index (χ1v) is 9.74. The number of carbonyl (C=O) groups is 1. The maximum absolute atomic E-state index is 12.7. The van der Waals surface area contributed by atoms with Gasteiger partial charge >= 0.3 is 6.09 Å². The number of benzene rings is 2. The fourth-order valence-corrected chi connectivity index (χ4v) is 4.51. The van der Waals surface area contributed by atoms with Gasteiger partial charge in [-0.3, -0.25) is 4.90 Å². The van der Waals surface area contributed by atoms with Gasteiger partial charge in [0.15, 0.2) is 0 Å². The van der Waals surface area contributed by atoms with E-state index in [9.17, 15) is 4.79 Å². The van der Waals surface area contributed by atoms with Crippen molar-refractivity contribution in [3.05, 3.63) is 71.3 Å². The Hall–Kier alpha value is -2.75. The smallest absolute Gasteiger partial charge is 0.410 e. The summed E-state index contributed by atoms with van der Waals surface area (Å²) in [6.07, 6.45) is 6.02. The van der Waals surface area contributed by atoms with Crippen molar-refractivity contribution >= 4 is 11.7 Å². The van der Waals surface area contributed by atoms with E-state index >= 15 is 0 Å². The summed E-state index contributed by atoms with van der Waals surface area (Å²) in [6.45, 7) is 1.11. The Morgan fingerprint density at radius 3 is 2.89 bits per heavy atom. The lowest BCUT2D eigenvalue weighted by molar-refractivity contribution is 0.0832. The van der Waals surface area contributed by atoms with Crippen LogP contribution >= 0.6 is 0 Å². The summed E-state index contributed by atoms with van der Waals surface area (Å²) in [4.78, 5) is 14.6. The largest absolute Gasteiger partial charge is 0.493 e. The molecule has 0 spiro atoms. The molecule has 0 N–H and O–H groups in total. The van der Waals surface area contributed by atoms with Crippen LogP contribution in [0.25, 0.3) is 5.57 Å². The third kappa shape index (κ3) is 3.09. The molecule has 2 unspecified atom stereocenters. The van der Waals surface area contributed by atoms with Crippen LogP contribution < -0.4 is 4.74 Å². The predicted molar refractivity (Wildman–Crippen MR) is 104 cm³/mol. The van der Waals surface area contributed by atoms with Gasteiger partial charge in [0.05, 0.1) is 12.6 Å². The monoisotopic (exact) mass is 361 g/mol. The zero-order chi connectivity index (χ0) is 18.2. The molecule has 2 aromatic carbocycles. The average Bonchev–Trinajstić information content (AvgIpc) is 3.28. The summed E-state index contributed by atoms with van der Waals surface area (Å²) in [5.74, 6) is 1.02. The van der Waals surface area contributed by atoms with Crippen molar-refractivity contribution in [1.29, 1.82) is 0 Å². The second-order valence-electron chi connectivity index (χ2n) is 7.56. The molecule has 2 atom stereocenters. The molecule has 0 radical (unpaired) electrons. The molecule has 5 rings (SSSR count). The summed E-state index contributed by atoms with van der Waals surface area (Å²) < 4.78 is 11.2. The summed E-state index contributed by atoms with van der Waals surface area (Å²) in [7, 11) is 0. The molecule has 3 heterocycles. The molecule has 3 aliphatic heterocycles. The Balaban J connectivity index is 1.31. The number of ether oxygens (including phenoxy) is 2. The number of fused-ring (bicyclic) bond motifs is 3. The van der Waals surface area contributed by atoms with Gasteiger partial charge in [0, 0.05) is 12.5 Å². The van der Waals surface area contributed by atoms with Gasteiger partial charge < -0.3 is 9.47 Å². The molecule has 138 valence electrons. The summed E-state index contributed by atoms with van der Waals surface area (Å²) >= 11 is 0. The Labute approximate surface area is 159 Å². The van der Waals surface area contributed by atoms with Crippen molar-refractivity contribution in [2.45, 2.75) is 44.4 Å². The van der Waals surface area contributed by atoms with E-state index < -0.39 is 0 Å². The van der Waals surface area contributed by atoms with Gasteiger partial charge in [-0.2, -0.15) is 0 Å². The van der Waals surface area contributed by atoms with Crippen LogP contribution in [-0.4, -0.2) is 29.7 Å². The molecule has 1 fully saturated rings. The minimum Gasteiger partial charge on any atom is -0.493 e. The maximum atomic E-state index is 12.7. The van der Waals surface area contributed by atoms with E-state index in [1.165, 1.54) is 16.7 Å². The molecule has 4 heteroatoms. The van der Waals surface area contributed by atoms with Gasteiger partial charge in [0.1, 0.15) is 12.4 Å². The molecule has 2 bridgehead atoms. The van der Waals surface area contributed by atoms with Gasteiger partial charge in [0.2, 0.25) is 0 Å². The quantitative estimate of drug-likeness (QED) is 0.803. The number of nitrogens with zero attached hydrogens (tertiary/aromatic N) is 1. The average molecular weight is 361 g/mol. The minimum atomic E-state index is -0.191. The molecule has 0 aromatic heterocycles. The highest BCUT2D eigenvalue weighted by atomic mass is 16.6. The lowest BCUT2D eigenvalue weighted by Gasteiger charge is -2.33. The number of hydrogen-bond acceptors (Lipinski definition) is 3. The third-order valence-corrected chi connectivity index (χ3v) is 5.87. The Morgan fingerprint density at radius 1 is 1.15 bits per heavy atom. The van der Waals surface area contributed by atoms with Crippen LogP contribution in [0.4, 0.5) is 4.79 Å². The van der Waals surface area contributed by atoms with Gasteiger partial charge in [-0.25, -0.2) is 4.79 Å². The van der Waals surface area contributed by atoms with Gasteiger partial charge in [-0.1, -0.05) is 42.5 Å². The van der Waals surface area contributed by atoms with Crippen LogP contribution in [-0.2, 0) is 17.8 Å². The second kappa shape index (κ2) is 6.76. The fourth-order valence-electron chi connectivity index (χ4n) is 4.51. The predicted octanol–water partition coefficient (Wildman–Crippen LogP) is 4.58. The Bertz CT molecular complexity index is 890. The summed E-state index contributed by atoms with van der Waals surface area (Å²) in [5, 5.41) is 0. The van der Waals surface area contributed by atoms with Crippen molar-refractivity contribution in [1.82, 2.24) is 4.90 Å². The summed E-state index contributed by atoms with van der Waals surface area (Å²) in [6, 6.07) is 16.7. The van der Waals surface area contributed by atoms with E-state index in [1.807, 2.05) is 35.2 Å². The van der Waals surface area contributed by atoms with Crippen molar-refractivity contribution < 1.29 is 14.3 Å². The number of amides is 1. The molecule has 3 aliphatic rings. The highest BCUT2D eigenvalue weighted by Gasteiger charge is 2.40. The van der Waals surface area contributed by atoms with Gasteiger partial charge in [-0.05, 0) is 53.7 Å². The lowest BCUT2D eigenvalue weighted by atomic mass is 9.93.